The summed E-state index contributed by atoms with van der Waals surface area (Å²) in [4.78, 5) is 11.0. The average Bonchev–Trinajstić information content (AvgIpc) is 2.15. The minimum atomic E-state index is -4.35. The summed E-state index contributed by atoms with van der Waals surface area (Å²) in [7, 11) is 0. The van der Waals surface area contributed by atoms with Crippen molar-refractivity contribution in [3.8, 4) is 0 Å². The molecule has 0 saturated heterocycles. The van der Waals surface area contributed by atoms with Crippen molar-refractivity contribution in [1.29, 1.82) is 0 Å². The fourth-order valence-electron chi connectivity index (χ4n) is 1.36. The molecule has 0 amide bonds. The summed E-state index contributed by atoms with van der Waals surface area (Å²) in [6.45, 7) is 1.92. The van der Waals surface area contributed by atoms with E-state index in [1.54, 1.807) is 0 Å². The third-order valence-electron chi connectivity index (χ3n) is 2.25. The molecule has 1 unspecified atom stereocenters. The van der Waals surface area contributed by atoms with Crippen LogP contribution in [0, 0.1) is 0 Å². The molecule has 2 N–H and O–H groups in total. The molecule has 0 fully saturated rings. The normalized spacial score (nSPS) is 15.6. The Morgan fingerprint density at radius 2 is 2.00 bits per heavy atom. The van der Waals surface area contributed by atoms with Crippen LogP contribution >= 0.6 is 0 Å². The smallest absolute Gasteiger partial charge is 0.411 e. The second kappa shape index (κ2) is 6.80. The van der Waals surface area contributed by atoms with E-state index in [-0.39, 0.29) is 13.2 Å². The Bertz CT molecular complexity index is 245. The number of carboxylic acid groups (broad SMARTS) is 1. The number of carbonyl (C=O) groups is 1. The van der Waals surface area contributed by atoms with Crippen LogP contribution in [0.15, 0.2) is 0 Å². The molecule has 0 heterocycles. The van der Waals surface area contributed by atoms with Gasteiger partial charge in [0.15, 0.2) is 0 Å². The van der Waals surface area contributed by atoms with Gasteiger partial charge in [-0.2, -0.15) is 13.2 Å². The van der Waals surface area contributed by atoms with Crippen LogP contribution in [0.2, 0.25) is 0 Å². The number of hydrogen-bond acceptors (Lipinski definition) is 3. The maximum atomic E-state index is 11.7. The molecule has 0 spiro atoms. The van der Waals surface area contributed by atoms with E-state index < -0.39 is 24.3 Å². The van der Waals surface area contributed by atoms with Crippen molar-refractivity contribution >= 4 is 5.97 Å². The average molecular weight is 257 g/mol. The third kappa shape index (κ3) is 7.17. The Morgan fingerprint density at radius 3 is 2.41 bits per heavy atom. The molecule has 4 nitrogen and oxygen atoms in total. The van der Waals surface area contributed by atoms with E-state index in [4.69, 9.17) is 5.11 Å². The predicted molar refractivity (Wildman–Crippen MR) is 55.8 cm³/mol. The van der Waals surface area contributed by atoms with Crippen LogP contribution in [0.1, 0.15) is 26.7 Å². The SMILES string of the molecule is CCCC(C)(NCCOCC(F)(F)F)C(=O)O. The maximum Gasteiger partial charge on any atom is 0.411 e. The highest BCUT2D eigenvalue weighted by molar-refractivity contribution is 5.78. The second-order valence-electron chi connectivity index (χ2n) is 3.98. The van der Waals surface area contributed by atoms with E-state index in [1.807, 2.05) is 6.92 Å². The molecule has 0 aliphatic carbocycles. The number of nitrogens with one attached hydrogen (secondary N) is 1. The quantitative estimate of drug-likeness (QED) is 0.651. The van der Waals surface area contributed by atoms with E-state index in [0.29, 0.717) is 12.8 Å². The topological polar surface area (TPSA) is 58.6 Å². The lowest BCUT2D eigenvalue weighted by atomic mass is 9.96. The van der Waals surface area contributed by atoms with Crippen LogP contribution in [-0.2, 0) is 9.53 Å². The number of ether oxygens (including phenoxy) is 1. The van der Waals surface area contributed by atoms with Gasteiger partial charge in [-0.25, -0.2) is 0 Å². The van der Waals surface area contributed by atoms with Gasteiger partial charge in [-0.15, -0.1) is 0 Å². The highest BCUT2D eigenvalue weighted by atomic mass is 19.4. The van der Waals surface area contributed by atoms with Gasteiger partial charge in [-0.1, -0.05) is 13.3 Å². The fourth-order valence-corrected chi connectivity index (χ4v) is 1.36. The minimum absolute atomic E-state index is 0.0683. The summed E-state index contributed by atoms with van der Waals surface area (Å²) in [6, 6.07) is 0. The Balaban J connectivity index is 3.88. The van der Waals surface area contributed by atoms with Gasteiger partial charge in [-0.05, 0) is 13.3 Å². The molecule has 1 atom stereocenters. The Morgan fingerprint density at radius 1 is 1.41 bits per heavy atom. The molecule has 7 heteroatoms. The second-order valence-corrected chi connectivity index (χ2v) is 3.98. The summed E-state index contributed by atoms with van der Waals surface area (Å²) in [5, 5.41) is 11.7. The molecule has 0 aromatic heterocycles. The zero-order valence-corrected chi connectivity index (χ0v) is 9.93. The molecule has 0 aromatic rings. The molecule has 0 aliphatic heterocycles. The van der Waals surface area contributed by atoms with E-state index in [9.17, 15) is 18.0 Å². The molecular weight excluding hydrogens is 239 g/mol. The third-order valence-corrected chi connectivity index (χ3v) is 2.25. The number of carboxylic acids is 1. The lowest BCUT2D eigenvalue weighted by molar-refractivity contribution is -0.173. The standard InChI is InChI=1S/C10H18F3NO3/c1-3-4-9(2,8(15)16)14-5-6-17-7-10(11,12)13/h14H,3-7H2,1-2H3,(H,15,16). The summed E-state index contributed by atoms with van der Waals surface area (Å²) in [6.07, 6.45) is -3.28. The Hall–Kier alpha value is -0.820. The molecule has 0 radical (unpaired) electrons. The van der Waals surface area contributed by atoms with Crippen molar-refractivity contribution in [2.45, 2.75) is 38.4 Å². The van der Waals surface area contributed by atoms with Crippen molar-refractivity contribution in [3.05, 3.63) is 0 Å². The summed E-state index contributed by atoms with van der Waals surface area (Å²) in [5.74, 6) is -1.02. The fraction of sp³-hybridized carbons (Fsp3) is 0.900. The van der Waals surface area contributed by atoms with E-state index >= 15 is 0 Å². The monoisotopic (exact) mass is 257 g/mol. The van der Waals surface area contributed by atoms with Crippen molar-refractivity contribution < 1.29 is 27.8 Å². The number of alkyl halides is 3. The van der Waals surface area contributed by atoms with Gasteiger partial charge < -0.3 is 9.84 Å². The van der Waals surface area contributed by atoms with Crippen LogP contribution in [0.3, 0.4) is 0 Å². The largest absolute Gasteiger partial charge is 0.480 e. The Kier molecular flexibility index (Phi) is 6.48. The van der Waals surface area contributed by atoms with Crippen LogP contribution < -0.4 is 5.32 Å². The van der Waals surface area contributed by atoms with Gasteiger partial charge in [0.2, 0.25) is 0 Å². The maximum absolute atomic E-state index is 11.7. The molecule has 102 valence electrons. The van der Waals surface area contributed by atoms with Gasteiger partial charge in [0, 0.05) is 6.54 Å². The molecular formula is C10H18F3NO3. The zero-order valence-electron chi connectivity index (χ0n) is 9.93. The zero-order chi connectivity index (χ0) is 13.5. The van der Waals surface area contributed by atoms with Gasteiger partial charge in [0.1, 0.15) is 12.1 Å². The van der Waals surface area contributed by atoms with Crippen molar-refractivity contribution in [1.82, 2.24) is 5.32 Å². The Labute approximate surface area is 98.1 Å². The minimum Gasteiger partial charge on any atom is -0.480 e. The van der Waals surface area contributed by atoms with Gasteiger partial charge in [0.25, 0.3) is 0 Å². The number of aliphatic carboxylic acids is 1. The number of hydrogen-bond donors (Lipinski definition) is 2. The van der Waals surface area contributed by atoms with E-state index in [0.717, 1.165) is 0 Å². The summed E-state index contributed by atoms with van der Waals surface area (Å²) >= 11 is 0. The predicted octanol–water partition coefficient (Wildman–Crippen LogP) is 1.80. The lowest BCUT2D eigenvalue weighted by Crippen LogP contribution is -2.50. The first-order chi connectivity index (χ1) is 7.71. The molecule has 0 bridgehead atoms. The van der Waals surface area contributed by atoms with Crippen LogP contribution in [-0.4, -0.2) is 42.5 Å². The molecule has 0 aliphatic rings. The van der Waals surface area contributed by atoms with Crippen LogP contribution in [0.5, 0.6) is 0 Å². The molecule has 0 rings (SSSR count). The van der Waals surface area contributed by atoms with E-state index in [2.05, 4.69) is 10.1 Å². The van der Waals surface area contributed by atoms with Gasteiger partial charge in [-0.3, -0.25) is 10.1 Å². The van der Waals surface area contributed by atoms with Gasteiger partial charge in [0.05, 0.1) is 6.61 Å². The van der Waals surface area contributed by atoms with Gasteiger partial charge >= 0.3 is 12.1 Å². The lowest BCUT2D eigenvalue weighted by Gasteiger charge is -2.25. The first kappa shape index (κ1) is 16.2. The van der Waals surface area contributed by atoms with Crippen molar-refractivity contribution in [2.75, 3.05) is 19.8 Å². The molecule has 0 saturated carbocycles. The van der Waals surface area contributed by atoms with Crippen molar-refractivity contribution in [2.24, 2.45) is 0 Å². The molecule has 17 heavy (non-hydrogen) atoms. The highest BCUT2D eigenvalue weighted by Gasteiger charge is 2.31. The number of halogens is 3. The van der Waals surface area contributed by atoms with Crippen LogP contribution in [0.25, 0.3) is 0 Å². The number of rotatable bonds is 8. The first-order valence-electron chi connectivity index (χ1n) is 5.34. The molecule has 0 aromatic carbocycles. The van der Waals surface area contributed by atoms with E-state index in [1.165, 1.54) is 6.92 Å². The summed E-state index contributed by atoms with van der Waals surface area (Å²) in [5.41, 5.74) is -1.11. The first-order valence-corrected chi connectivity index (χ1v) is 5.34. The van der Waals surface area contributed by atoms with Crippen LogP contribution in [0.4, 0.5) is 13.2 Å². The highest BCUT2D eigenvalue weighted by Crippen LogP contribution is 2.14. The summed E-state index contributed by atoms with van der Waals surface area (Å²) < 4.78 is 39.5. The van der Waals surface area contributed by atoms with Crippen molar-refractivity contribution in [3.63, 3.8) is 0 Å².